The molecule has 43 heavy (non-hydrogen) atoms. The molecule has 2 fully saturated rings. The first-order chi connectivity index (χ1) is 20.6. The summed E-state index contributed by atoms with van der Waals surface area (Å²) >= 11 is 0. The first kappa shape index (κ1) is 28.5. The summed E-state index contributed by atoms with van der Waals surface area (Å²) in [6, 6.07) is 14.7. The number of rotatable bonds is 5. The Labute approximate surface area is 245 Å². The van der Waals surface area contributed by atoms with Gasteiger partial charge in [0.2, 0.25) is 0 Å². The molecule has 0 bridgehead atoms. The van der Waals surface area contributed by atoms with E-state index in [4.69, 9.17) is 0 Å². The minimum atomic E-state index is -4.61. The minimum absolute atomic E-state index is 0.0230. The molecule has 4 heterocycles. The van der Waals surface area contributed by atoms with Crippen LogP contribution >= 0.6 is 0 Å². The van der Waals surface area contributed by atoms with Crippen molar-refractivity contribution in [2.24, 2.45) is 7.05 Å². The summed E-state index contributed by atoms with van der Waals surface area (Å²) in [6.07, 6.45) is 0.913. The number of hydrogen-bond donors (Lipinski definition) is 1. The fraction of sp³-hybridized carbons (Fsp3) is 0.355. The van der Waals surface area contributed by atoms with E-state index in [-0.39, 0.29) is 23.0 Å². The highest BCUT2D eigenvalue weighted by atomic mass is 19.4. The zero-order chi connectivity index (χ0) is 30.4. The molecular formula is C31H31F3N7O2+. The van der Waals surface area contributed by atoms with Crippen LogP contribution in [0.15, 0.2) is 65.6 Å². The second-order valence-electron chi connectivity index (χ2n) is 11.4. The predicted molar refractivity (Wildman–Crippen MR) is 153 cm³/mol. The van der Waals surface area contributed by atoms with E-state index in [1.165, 1.54) is 47.6 Å². The third-order valence-corrected chi connectivity index (χ3v) is 8.79. The summed E-state index contributed by atoms with van der Waals surface area (Å²) in [5.74, 6) is -0.575. The summed E-state index contributed by atoms with van der Waals surface area (Å²) in [5.41, 5.74) is -0.208. The number of nitriles is 1. The molecule has 2 aromatic heterocycles. The lowest BCUT2D eigenvalue weighted by molar-refractivity contribution is -0.921. The van der Waals surface area contributed by atoms with Gasteiger partial charge < -0.3 is 9.80 Å². The lowest BCUT2D eigenvalue weighted by Gasteiger charge is -2.40. The zero-order valence-corrected chi connectivity index (χ0v) is 23.6. The van der Waals surface area contributed by atoms with Crippen LogP contribution in [0.5, 0.6) is 0 Å². The van der Waals surface area contributed by atoms with Gasteiger partial charge in [0.05, 0.1) is 66.6 Å². The van der Waals surface area contributed by atoms with Gasteiger partial charge in [0.15, 0.2) is 0 Å². The van der Waals surface area contributed by atoms with Gasteiger partial charge in [-0.25, -0.2) is 9.36 Å². The van der Waals surface area contributed by atoms with E-state index in [0.717, 1.165) is 60.3 Å². The van der Waals surface area contributed by atoms with Gasteiger partial charge in [-0.05, 0) is 48.5 Å². The van der Waals surface area contributed by atoms with Crippen LogP contribution in [0.25, 0.3) is 22.8 Å². The molecular weight excluding hydrogens is 559 g/mol. The van der Waals surface area contributed by atoms with Crippen LogP contribution in [0.1, 0.15) is 47.2 Å². The monoisotopic (exact) mass is 590 g/mol. The van der Waals surface area contributed by atoms with E-state index in [1.807, 2.05) is 0 Å². The van der Waals surface area contributed by atoms with Gasteiger partial charge in [-0.1, -0.05) is 6.07 Å². The van der Waals surface area contributed by atoms with Crippen LogP contribution in [0.3, 0.4) is 0 Å². The van der Waals surface area contributed by atoms with Crippen LogP contribution in [0, 0.1) is 11.3 Å². The quantitative estimate of drug-likeness (QED) is 0.348. The van der Waals surface area contributed by atoms with Crippen LogP contribution in [0.4, 0.5) is 13.2 Å². The normalized spacial score (nSPS) is 16.8. The topological polar surface area (TPSA) is 97.6 Å². The zero-order valence-electron chi connectivity index (χ0n) is 23.6. The van der Waals surface area contributed by atoms with Gasteiger partial charge in [-0.3, -0.25) is 14.3 Å². The molecule has 6 rings (SSSR count). The summed E-state index contributed by atoms with van der Waals surface area (Å²) in [7, 11) is 1.53. The Morgan fingerprint density at radius 3 is 2.37 bits per heavy atom. The average molecular weight is 591 g/mol. The second kappa shape index (κ2) is 10.9. The Kier molecular flexibility index (Phi) is 7.22. The molecule has 0 radical (unpaired) electrons. The summed E-state index contributed by atoms with van der Waals surface area (Å²) in [4.78, 5) is 27.9. The molecule has 1 N–H and O–H groups in total. The maximum absolute atomic E-state index is 14.0. The van der Waals surface area contributed by atoms with Gasteiger partial charge in [0, 0.05) is 38.8 Å². The molecule has 0 saturated carbocycles. The Hall–Kier alpha value is -4.63. The van der Waals surface area contributed by atoms with Crippen LogP contribution in [-0.2, 0) is 13.2 Å². The average Bonchev–Trinajstić information content (AvgIpc) is 3.72. The van der Waals surface area contributed by atoms with E-state index < -0.39 is 23.2 Å². The number of amides is 1. The van der Waals surface area contributed by atoms with Gasteiger partial charge >= 0.3 is 6.18 Å². The first-order valence-electron chi connectivity index (χ1n) is 14.3. The van der Waals surface area contributed by atoms with E-state index in [9.17, 15) is 28.0 Å². The molecule has 12 heteroatoms. The van der Waals surface area contributed by atoms with E-state index in [1.54, 1.807) is 30.3 Å². The van der Waals surface area contributed by atoms with E-state index in [2.05, 4.69) is 16.5 Å². The van der Waals surface area contributed by atoms with Crippen LogP contribution < -0.4 is 10.9 Å². The van der Waals surface area contributed by atoms with Crippen molar-refractivity contribution in [3.63, 3.8) is 0 Å². The lowest BCUT2D eigenvalue weighted by Crippen LogP contribution is -2.55. The highest BCUT2D eigenvalue weighted by molar-refractivity contribution is 6.00. The summed E-state index contributed by atoms with van der Waals surface area (Å²) < 4.78 is 45.9. The fourth-order valence-electron chi connectivity index (χ4n) is 6.54. The van der Waals surface area contributed by atoms with Crippen molar-refractivity contribution in [1.82, 2.24) is 24.5 Å². The number of nitrogens with zero attached hydrogens (tertiary/aromatic N) is 6. The molecule has 9 nitrogen and oxygen atoms in total. The molecule has 0 atom stereocenters. The maximum atomic E-state index is 14.0. The van der Waals surface area contributed by atoms with Gasteiger partial charge in [-0.15, -0.1) is 0 Å². The number of carbonyl (C=O) groups excluding carboxylic acids is 1. The SMILES string of the molecule is Cn1c(-c2ccnn2-c2ccc(C#N)cc2)c(C(=O)NC2CC[N+]3(CCCC3)CC2)c(=O)n1-c1cccc(C(F)(F)F)c1. The van der Waals surface area contributed by atoms with Gasteiger partial charge in [0.1, 0.15) is 11.3 Å². The maximum Gasteiger partial charge on any atom is 0.416 e. The number of quaternary nitrogens is 1. The lowest BCUT2D eigenvalue weighted by atomic mass is 10.0. The van der Waals surface area contributed by atoms with E-state index in [0.29, 0.717) is 16.9 Å². The molecule has 2 aliphatic rings. The smallest absolute Gasteiger partial charge is 0.349 e. The molecule has 4 aromatic rings. The third kappa shape index (κ3) is 5.25. The van der Waals surface area contributed by atoms with Crippen LogP contribution in [0.2, 0.25) is 0 Å². The van der Waals surface area contributed by atoms with Crippen molar-refractivity contribution < 1.29 is 22.4 Å². The van der Waals surface area contributed by atoms with Crippen molar-refractivity contribution in [3.05, 3.63) is 87.8 Å². The standard InChI is InChI=1S/C31H30F3N7O2/c1-38-28(26-11-14-36-39(26)24-9-7-21(20-35)8-10-24)27(29(42)37-23-12-17-41(18-13-23)15-2-3-16-41)30(43)40(38)25-6-4-5-22(19-25)31(32,33)34/h4-11,14,19,23H,2-3,12-13,15-18H2,1H3/p+1. The number of hydrogen-bond acceptors (Lipinski definition) is 4. The highest BCUT2D eigenvalue weighted by Crippen LogP contribution is 2.32. The van der Waals surface area contributed by atoms with Gasteiger partial charge in [0.25, 0.3) is 11.5 Å². The molecule has 2 aliphatic heterocycles. The number of nitrogens with one attached hydrogen (secondary N) is 1. The Morgan fingerprint density at radius 1 is 1.02 bits per heavy atom. The molecule has 0 aliphatic carbocycles. The summed E-state index contributed by atoms with van der Waals surface area (Å²) in [6.45, 7) is 4.24. The first-order valence-corrected chi connectivity index (χ1v) is 14.3. The highest BCUT2D eigenvalue weighted by Gasteiger charge is 2.38. The number of piperidine rings is 1. The minimum Gasteiger partial charge on any atom is -0.349 e. The Balaban J connectivity index is 1.44. The molecule has 1 spiro atoms. The number of benzene rings is 2. The van der Waals surface area contributed by atoms with Crippen molar-refractivity contribution in [1.29, 1.82) is 5.26 Å². The van der Waals surface area contributed by atoms with E-state index >= 15 is 0 Å². The van der Waals surface area contributed by atoms with Crippen molar-refractivity contribution >= 4 is 5.91 Å². The van der Waals surface area contributed by atoms with Crippen molar-refractivity contribution in [2.45, 2.75) is 37.9 Å². The number of halogens is 3. The Bertz CT molecular complexity index is 1760. The number of alkyl halides is 3. The third-order valence-electron chi connectivity index (χ3n) is 8.79. The summed E-state index contributed by atoms with van der Waals surface area (Å²) in [5, 5.41) is 16.7. The molecule has 2 saturated heterocycles. The van der Waals surface area contributed by atoms with Crippen molar-refractivity contribution in [3.8, 4) is 28.8 Å². The van der Waals surface area contributed by atoms with Crippen molar-refractivity contribution in [2.75, 3.05) is 26.2 Å². The molecule has 222 valence electrons. The van der Waals surface area contributed by atoms with Gasteiger partial charge in [-0.2, -0.15) is 23.5 Å². The number of carbonyl (C=O) groups is 1. The fourth-order valence-corrected chi connectivity index (χ4v) is 6.54. The largest absolute Gasteiger partial charge is 0.416 e. The second-order valence-corrected chi connectivity index (χ2v) is 11.4. The number of aromatic nitrogens is 4. The Morgan fingerprint density at radius 2 is 1.72 bits per heavy atom. The van der Waals surface area contributed by atoms with Crippen LogP contribution in [-0.4, -0.2) is 61.8 Å². The predicted octanol–water partition coefficient (Wildman–Crippen LogP) is 4.42. The molecule has 2 aromatic carbocycles. The molecule has 0 unspecified atom stereocenters. The molecule has 1 amide bonds.